The second kappa shape index (κ2) is 18.1. The lowest BCUT2D eigenvalue weighted by Crippen LogP contribution is -2.50. The first-order valence-electron chi connectivity index (χ1n) is 5.39. The molecule has 0 heterocycles. The molecule has 0 aliphatic carbocycles. The fraction of sp³-hybridized carbons (Fsp3) is 1.00. The molecule has 0 aromatic heterocycles. The Morgan fingerprint density at radius 1 is 0.429 bits per heavy atom. The predicted molar refractivity (Wildman–Crippen MR) is 75.2 cm³/mol. The van der Waals surface area contributed by atoms with Crippen LogP contribution in [0, 0.1) is 0 Å². The molecule has 136 valence electrons. The topological polar surface area (TPSA) is 18.5 Å². The maximum absolute atomic E-state index is 8.00. The lowest BCUT2D eigenvalue weighted by atomic mass is 11.8. The Morgan fingerprint density at radius 2 is 0.571 bits per heavy atom. The first-order valence-corrected chi connectivity index (χ1v) is 15.0. The van der Waals surface area contributed by atoms with Gasteiger partial charge in [-0.2, -0.15) is 0 Å². The van der Waals surface area contributed by atoms with Gasteiger partial charge in [0.25, 0.3) is 0 Å². The first-order chi connectivity index (χ1) is 9.41. The summed E-state index contributed by atoms with van der Waals surface area (Å²) in [5.74, 6) is 0. The van der Waals surface area contributed by atoms with Crippen LogP contribution in [-0.2, 0) is 8.23 Å². The summed E-state index contributed by atoms with van der Waals surface area (Å²) in [6, 6.07) is 0. The van der Waals surface area contributed by atoms with E-state index in [9.17, 15) is 0 Å². The Balaban J connectivity index is -0.0000000912. The molecular formula is C8H24F8O2Si3. The zero-order valence-corrected chi connectivity index (χ0v) is 16.3. The maximum atomic E-state index is 8.00. The van der Waals surface area contributed by atoms with Gasteiger partial charge in [-0.05, 0) is 52.4 Å². The van der Waals surface area contributed by atoms with E-state index in [0.717, 1.165) is 0 Å². The van der Waals surface area contributed by atoms with Crippen molar-refractivity contribution in [3.05, 3.63) is 0 Å². The highest BCUT2D eigenvalue weighted by Gasteiger charge is 2.35. The van der Waals surface area contributed by atoms with Crippen molar-refractivity contribution in [1.82, 2.24) is 0 Å². The van der Waals surface area contributed by atoms with Crippen LogP contribution in [0.2, 0.25) is 52.4 Å². The van der Waals surface area contributed by atoms with E-state index >= 15 is 0 Å². The molecule has 0 amide bonds. The van der Waals surface area contributed by atoms with Crippen LogP contribution in [0.3, 0.4) is 0 Å². The van der Waals surface area contributed by atoms with Gasteiger partial charge in [-0.1, -0.05) is 0 Å². The van der Waals surface area contributed by atoms with Gasteiger partial charge in [-0.3, -0.25) is 0 Å². The monoisotopic (exact) mass is 388 g/mol. The van der Waals surface area contributed by atoms with E-state index in [1.807, 2.05) is 0 Å². The zero-order valence-electron chi connectivity index (χ0n) is 13.3. The van der Waals surface area contributed by atoms with Gasteiger partial charge in [0.2, 0.25) is 0 Å². The number of hydrogen-bond donors (Lipinski definition) is 0. The molecule has 0 aliphatic rings. The van der Waals surface area contributed by atoms with Crippen molar-refractivity contribution in [1.29, 1.82) is 0 Å². The van der Waals surface area contributed by atoms with Crippen LogP contribution in [0.5, 0.6) is 0 Å². The van der Waals surface area contributed by atoms with Gasteiger partial charge in [-0.25, -0.2) is 0 Å². The summed E-state index contributed by atoms with van der Waals surface area (Å²) in [5.41, 5.74) is 0. The molecule has 0 radical (unpaired) electrons. The van der Waals surface area contributed by atoms with E-state index < -0.39 is 25.2 Å². The van der Waals surface area contributed by atoms with Crippen LogP contribution >= 0.6 is 0 Å². The van der Waals surface area contributed by atoms with Crippen molar-refractivity contribution < 1.29 is 44.8 Å². The van der Waals surface area contributed by atoms with E-state index in [-0.39, 0.29) is 0 Å². The molecule has 0 aromatic rings. The summed E-state index contributed by atoms with van der Waals surface area (Å²) in [5, 5.41) is 0. The fourth-order valence-electron chi connectivity index (χ4n) is 1.50. The fourth-order valence-corrected chi connectivity index (χ4v) is 13.8. The van der Waals surface area contributed by atoms with E-state index in [4.69, 9.17) is 44.8 Å². The van der Waals surface area contributed by atoms with Gasteiger partial charge in [0.15, 0.2) is 16.6 Å². The number of hydrogen-bond acceptors (Lipinski definition) is 2. The summed E-state index contributed by atoms with van der Waals surface area (Å²) >= 11 is 0. The Kier molecular flexibility index (Phi) is 28.2. The smallest absolute Gasteiger partial charge is 0.311 e. The van der Waals surface area contributed by atoms with Crippen molar-refractivity contribution in [2.45, 2.75) is 52.4 Å². The maximum Gasteiger partial charge on any atom is 0.311 e. The summed E-state index contributed by atoms with van der Waals surface area (Å²) in [7, 11) is -4.72. The molecule has 0 N–H and O–H groups in total. The third-order valence-corrected chi connectivity index (χ3v) is 9.94. The van der Waals surface area contributed by atoms with Crippen LogP contribution in [0.1, 0.15) is 0 Å². The minimum absolute atomic E-state index is 1.43. The van der Waals surface area contributed by atoms with Crippen molar-refractivity contribution in [2.24, 2.45) is 0 Å². The highest BCUT2D eigenvalue weighted by molar-refractivity contribution is 6.87. The Bertz CT molecular complexity index is 169. The summed E-state index contributed by atoms with van der Waals surface area (Å²) in [6.07, 6.45) is 0. The molecule has 0 atom stereocenters. The van der Waals surface area contributed by atoms with Crippen LogP contribution in [-0.4, -0.2) is 25.2 Å². The molecule has 0 rings (SSSR count). The highest BCUT2D eigenvalue weighted by atomic mass is 28.5. The normalized spacial score (nSPS) is 10.3. The third-order valence-electron chi connectivity index (χ3n) is 1.10. The van der Waals surface area contributed by atoms with Gasteiger partial charge in [0, 0.05) is 36.6 Å². The largest absolute Gasteiger partial charge is 0.437 e. The Morgan fingerprint density at radius 3 is 0.667 bits per heavy atom. The average Bonchev–Trinajstić information content (AvgIpc) is 2.33. The molecule has 0 saturated heterocycles. The SMILES string of the molecule is C[Si](C)(C)O[Si](C)(C)O[Si](C)(C)C.FF.FF.FF.FF. The summed E-state index contributed by atoms with van der Waals surface area (Å²) in [6.45, 7) is 17.6. The van der Waals surface area contributed by atoms with Crippen LogP contribution < -0.4 is 0 Å². The van der Waals surface area contributed by atoms with Gasteiger partial charge in [0.1, 0.15) is 0 Å². The molecule has 0 unspecified atom stereocenters. The van der Waals surface area contributed by atoms with Gasteiger partial charge >= 0.3 is 8.56 Å². The molecule has 13 heteroatoms. The third kappa shape index (κ3) is 45.0. The quantitative estimate of drug-likeness (QED) is 0.392. The lowest BCUT2D eigenvalue weighted by molar-refractivity contribution is 0.108. The summed E-state index contributed by atoms with van der Waals surface area (Å²) < 4.78 is 76.2. The lowest BCUT2D eigenvalue weighted by Gasteiger charge is -2.35. The second-order valence-electron chi connectivity index (χ2n) is 5.83. The minimum atomic E-state index is -1.85. The van der Waals surface area contributed by atoms with E-state index in [0.29, 0.717) is 0 Å². The molecule has 21 heavy (non-hydrogen) atoms. The molecule has 0 saturated carbocycles. The van der Waals surface area contributed by atoms with Gasteiger partial charge < -0.3 is 8.23 Å². The zero-order chi connectivity index (χ0) is 18.9. The summed E-state index contributed by atoms with van der Waals surface area (Å²) in [4.78, 5) is 0. The highest BCUT2D eigenvalue weighted by Crippen LogP contribution is 2.19. The standard InChI is InChI=1S/C8H24O2Si3.4F2/c1-11(2,3)9-13(7,8)10-12(4,5)6;4*1-2/h1-8H3;;;;. The molecule has 0 fully saturated rings. The van der Waals surface area contributed by atoms with E-state index in [1.54, 1.807) is 0 Å². The average molecular weight is 389 g/mol. The van der Waals surface area contributed by atoms with Crippen molar-refractivity contribution in [2.75, 3.05) is 0 Å². The molecule has 0 spiro atoms. The van der Waals surface area contributed by atoms with Crippen LogP contribution in [0.25, 0.3) is 0 Å². The van der Waals surface area contributed by atoms with E-state index in [1.165, 1.54) is 0 Å². The predicted octanol–water partition coefficient (Wildman–Crippen LogP) is 6.75. The van der Waals surface area contributed by atoms with Gasteiger partial charge in [-0.15, -0.1) is 0 Å². The van der Waals surface area contributed by atoms with Crippen molar-refractivity contribution >= 4 is 25.2 Å². The van der Waals surface area contributed by atoms with Crippen molar-refractivity contribution in [3.63, 3.8) is 0 Å². The number of rotatable bonds is 4. The van der Waals surface area contributed by atoms with Crippen LogP contribution in [0.4, 0.5) is 36.6 Å². The van der Waals surface area contributed by atoms with Crippen molar-refractivity contribution in [3.8, 4) is 0 Å². The Labute approximate surface area is 123 Å². The number of halogens is 8. The molecule has 0 bridgehead atoms. The first kappa shape index (κ1) is 32.8. The second-order valence-corrected chi connectivity index (χ2v) is 18.7. The van der Waals surface area contributed by atoms with E-state index in [2.05, 4.69) is 52.4 Å². The Hall–Kier alpha value is 0.0106. The van der Waals surface area contributed by atoms with Crippen LogP contribution in [0.15, 0.2) is 0 Å². The minimum Gasteiger partial charge on any atom is -0.437 e. The molecule has 0 aliphatic heterocycles. The molecule has 0 aromatic carbocycles. The molecular weight excluding hydrogens is 364 g/mol. The molecule has 2 nitrogen and oxygen atoms in total. The van der Waals surface area contributed by atoms with Gasteiger partial charge in [0.05, 0.1) is 0 Å².